The van der Waals surface area contributed by atoms with Gasteiger partial charge in [0.15, 0.2) is 9.84 Å². The molecule has 0 spiro atoms. The molecule has 24 heavy (non-hydrogen) atoms. The van der Waals surface area contributed by atoms with Crippen LogP contribution in [-0.4, -0.2) is 54.9 Å². The van der Waals surface area contributed by atoms with E-state index >= 15 is 0 Å². The molecule has 1 unspecified atom stereocenters. The van der Waals surface area contributed by atoms with Gasteiger partial charge in [0.2, 0.25) is 5.91 Å². The van der Waals surface area contributed by atoms with Crippen molar-refractivity contribution in [1.29, 1.82) is 0 Å². The number of carboxylic acid groups (broad SMARTS) is 1. The SMILES string of the molecule is O=C(O)CN(CCc1ccc(Cl)cc1Cl)C(=O)C1CCS(=O)(=O)C1. The Kier molecular flexibility index (Phi) is 6.11. The van der Waals surface area contributed by atoms with Crippen LogP contribution in [0.15, 0.2) is 18.2 Å². The maximum atomic E-state index is 12.5. The number of rotatable bonds is 6. The van der Waals surface area contributed by atoms with Crippen LogP contribution in [0.25, 0.3) is 0 Å². The van der Waals surface area contributed by atoms with Crippen molar-refractivity contribution in [3.05, 3.63) is 33.8 Å². The first-order valence-electron chi connectivity index (χ1n) is 7.33. The van der Waals surface area contributed by atoms with Gasteiger partial charge in [-0.2, -0.15) is 0 Å². The highest BCUT2D eigenvalue weighted by Crippen LogP contribution is 2.23. The Labute approximate surface area is 150 Å². The van der Waals surface area contributed by atoms with Crippen LogP contribution in [0.2, 0.25) is 10.0 Å². The number of carbonyl (C=O) groups excluding carboxylic acids is 1. The molecule has 2 rings (SSSR count). The fraction of sp³-hybridized carbons (Fsp3) is 0.467. The smallest absolute Gasteiger partial charge is 0.323 e. The number of carboxylic acids is 1. The van der Waals surface area contributed by atoms with Crippen molar-refractivity contribution in [1.82, 2.24) is 4.90 Å². The number of nitrogens with zero attached hydrogens (tertiary/aromatic N) is 1. The van der Waals surface area contributed by atoms with E-state index in [0.29, 0.717) is 16.5 Å². The van der Waals surface area contributed by atoms with Gasteiger partial charge in [0.1, 0.15) is 6.54 Å². The van der Waals surface area contributed by atoms with E-state index in [1.54, 1.807) is 18.2 Å². The van der Waals surface area contributed by atoms with E-state index in [1.807, 2.05) is 0 Å². The monoisotopic (exact) mass is 393 g/mol. The van der Waals surface area contributed by atoms with Crippen LogP contribution in [0, 0.1) is 5.92 Å². The summed E-state index contributed by atoms with van der Waals surface area (Å²) in [6.45, 7) is -0.330. The van der Waals surface area contributed by atoms with E-state index in [2.05, 4.69) is 0 Å². The number of hydrogen-bond donors (Lipinski definition) is 1. The first kappa shape index (κ1) is 19.0. The van der Waals surface area contributed by atoms with Crippen molar-refractivity contribution in [3.8, 4) is 0 Å². The van der Waals surface area contributed by atoms with Crippen molar-refractivity contribution >= 4 is 44.9 Å². The Morgan fingerprint density at radius 1 is 1.29 bits per heavy atom. The summed E-state index contributed by atoms with van der Waals surface area (Å²) in [6.07, 6.45) is 0.591. The number of hydrogen-bond acceptors (Lipinski definition) is 4. The van der Waals surface area contributed by atoms with Gasteiger partial charge < -0.3 is 10.0 Å². The van der Waals surface area contributed by atoms with Crippen LogP contribution < -0.4 is 0 Å². The second-order valence-electron chi connectivity index (χ2n) is 5.74. The van der Waals surface area contributed by atoms with Gasteiger partial charge in [-0.25, -0.2) is 8.42 Å². The Morgan fingerprint density at radius 3 is 2.54 bits per heavy atom. The quantitative estimate of drug-likeness (QED) is 0.796. The van der Waals surface area contributed by atoms with Gasteiger partial charge in [-0.3, -0.25) is 9.59 Å². The molecule has 1 aromatic carbocycles. The molecule has 1 aliphatic heterocycles. The lowest BCUT2D eigenvalue weighted by atomic mass is 10.1. The second-order valence-corrected chi connectivity index (χ2v) is 8.81. The summed E-state index contributed by atoms with van der Waals surface area (Å²) < 4.78 is 23.1. The van der Waals surface area contributed by atoms with Crippen LogP contribution >= 0.6 is 23.2 Å². The van der Waals surface area contributed by atoms with Crippen LogP contribution in [0.4, 0.5) is 0 Å². The van der Waals surface area contributed by atoms with E-state index in [9.17, 15) is 18.0 Å². The molecular weight excluding hydrogens is 377 g/mol. The van der Waals surface area contributed by atoms with Gasteiger partial charge >= 0.3 is 5.97 Å². The number of benzene rings is 1. The van der Waals surface area contributed by atoms with Gasteiger partial charge in [-0.05, 0) is 30.5 Å². The number of halogens is 2. The third-order valence-corrected chi connectivity index (χ3v) is 6.24. The molecule has 1 N–H and O–H groups in total. The standard InChI is InChI=1S/C15H17Cl2NO5S/c16-12-2-1-10(13(17)7-12)3-5-18(8-14(19)20)15(21)11-4-6-24(22,23)9-11/h1-2,7,11H,3-6,8-9H2,(H,19,20). The summed E-state index contributed by atoms with van der Waals surface area (Å²) >= 11 is 11.9. The zero-order valence-corrected chi connectivity index (χ0v) is 15.1. The fourth-order valence-corrected chi connectivity index (χ4v) is 4.89. The van der Waals surface area contributed by atoms with Gasteiger partial charge in [-0.1, -0.05) is 29.3 Å². The second kappa shape index (κ2) is 7.72. The van der Waals surface area contributed by atoms with Gasteiger partial charge in [-0.15, -0.1) is 0 Å². The molecule has 0 saturated carbocycles. The molecule has 0 aliphatic carbocycles. The van der Waals surface area contributed by atoms with Crippen molar-refractivity contribution < 1.29 is 23.1 Å². The largest absolute Gasteiger partial charge is 0.480 e. The third-order valence-electron chi connectivity index (χ3n) is 3.89. The van der Waals surface area contributed by atoms with Gasteiger partial charge in [0, 0.05) is 16.6 Å². The average Bonchev–Trinajstić information content (AvgIpc) is 2.84. The molecule has 0 bridgehead atoms. The van der Waals surface area contributed by atoms with Crippen molar-refractivity contribution in [3.63, 3.8) is 0 Å². The first-order chi connectivity index (χ1) is 11.2. The minimum absolute atomic E-state index is 0.0344. The minimum Gasteiger partial charge on any atom is -0.480 e. The molecular formula is C15H17Cl2NO5S. The fourth-order valence-electron chi connectivity index (χ4n) is 2.66. The maximum Gasteiger partial charge on any atom is 0.323 e. The van der Waals surface area contributed by atoms with E-state index in [4.69, 9.17) is 28.3 Å². The number of carbonyl (C=O) groups is 2. The lowest BCUT2D eigenvalue weighted by molar-refractivity contribution is -0.145. The average molecular weight is 394 g/mol. The molecule has 0 aromatic heterocycles. The Bertz CT molecular complexity index is 750. The molecule has 6 nitrogen and oxygen atoms in total. The highest BCUT2D eigenvalue weighted by Gasteiger charge is 2.35. The predicted octanol–water partition coefficient (Wildman–Crippen LogP) is 1.88. The molecule has 1 fully saturated rings. The summed E-state index contributed by atoms with van der Waals surface area (Å²) in [6, 6.07) is 4.95. The third kappa shape index (κ3) is 5.09. The molecule has 1 heterocycles. The molecule has 9 heteroatoms. The number of sulfone groups is 1. The minimum atomic E-state index is -3.21. The Balaban J connectivity index is 2.08. The highest BCUT2D eigenvalue weighted by molar-refractivity contribution is 7.91. The summed E-state index contributed by atoms with van der Waals surface area (Å²) in [5.41, 5.74) is 0.739. The Morgan fingerprint density at radius 2 is 2.00 bits per heavy atom. The molecule has 132 valence electrons. The van der Waals surface area contributed by atoms with Crippen LogP contribution in [0.3, 0.4) is 0 Å². The molecule has 0 radical (unpaired) electrons. The summed E-state index contributed by atoms with van der Waals surface area (Å²) in [7, 11) is -3.21. The van der Waals surface area contributed by atoms with Crippen LogP contribution in [-0.2, 0) is 25.8 Å². The van der Waals surface area contributed by atoms with Crippen molar-refractivity contribution in [2.75, 3.05) is 24.6 Å². The highest BCUT2D eigenvalue weighted by atomic mass is 35.5. The summed E-state index contributed by atoms with van der Waals surface area (Å²) in [4.78, 5) is 24.7. The van der Waals surface area contributed by atoms with E-state index in [0.717, 1.165) is 5.56 Å². The maximum absolute atomic E-state index is 12.5. The van der Waals surface area contributed by atoms with Crippen LogP contribution in [0.5, 0.6) is 0 Å². The van der Waals surface area contributed by atoms with E-state index in [-0.39, 0.29) is 24.5 Å². The van der Waals surface area contributed by atoms with Gasteiger partial charge in [0.25, 0.3) is 0 Å². The first-order valence-corrected chi connectivity index (χ1v) is 9.90. The number of aliphatic carboxylic acids is 1. The molecule has 1 amide bonds. The molecule has 1 saturated heterocycles. The van der Waals surface area contributed by atoms with Crippen molar-refractivity contribution in [2.24, 2.45) is 5.92 Å². The van der Waals surface area contributed by atoms with E-state index < -0.39 is 34.2 Å². The van der Waals surface area contributed by atoms with Gasteiger partial charge in [0.05, 0.1) is 17.4 Å². The molecule has 1 aliphatic rings. The molecule has 1 atom stereocenters. The zero-order chi connectivity index (χ0) is 17.9. The van der Waals surface area contributed by atoms with Crippen LogP contribution in [0.1, 0.15) is 12.0 Å². The van der Waals surface area contributed by atoms with E-state index in [1.165, 1.54) is 4.90 Å². The normalized spacial score (nSPS) is 19.2. The zero-order valence-electron chi connectivity index (χ0n) is 12.7. The topological polar surface area (TPSA) is 91.8 Å². The summed E-state index contributed by atoms with van der Waals surface area (Å²) in [5.74, 6) is -2.51. The lowest BCUT2D eigenvalue weighted by Crippen LogP contribution is -2.41. The van der Waals surface area contributed by atoms with Crippen molar-refractivity contribution in [2.45, 2.75) is 12.8 Å². The lowest BCUT2D eigenvalue weighted by Gasteiger charge is -2.23. The molecule has 1 aromatic rings. The Hall–Kier alpha value is -1.31. The number of amides is 1. The predicted molar refractivity (Wildman–Crippen MR) is 91.1 cm³/mol. The summed E-state index contributed by atoms with van der Waals surface area (Å²) in [5, 5.41) is 9.93.